The zero-order valence-corrected chi connectivity index (χ0v) is 15.5. The van der Waals surface area contributed by atoms with Gasteiger partial charge >= 0.3 is 39.0 Å². The van der Waals surface area contributed by atoms with Gasteiger partial charge in [-0.15, -0.1) is 0 Å². The van der Waals surface area contributed by atoms with Gasteiger partial charge in [-0.2, -0.15) is 5.26 Å². The molecule has 0 bridgehead atoms. The number of oxime groups is 1. The van der Waals surface area contributed by atoms with Gasteiger partial charge in [0.05, 0.1) is 13.2 Å². The number of hydrogen-bond acceptors (Lipinski definition) is 6. The van der Waals surface area contributed by atoms with Crippen molar-refractivity contribution < 1.29 is 48.9 Å². The normalized spacial score (nSPS) is 25.0. The molecule has 0 aliphatic carbocycles. The van der Waals surface area contributed by atoms with Crippen LogP contribution in [0.1, 0.15) is 20.8 Å². The minimum absolute atomic E-state index is 0.155. The van der Waals surface area contributed by atoms with E-state index in [9.17, 15) is 30.0 Å². The SMILES string of the molecule is CCOC(=O)C(C#N)=NOC1(C)C[N+](=C(C)N)CCO1.F[P-](F)(F)(F)(F)F. The summed E-state index contributed by atoms with van der Waals surface area (Å²) in [7, 11) is -10.7. The van der Waals surface area contributed by atoms with Crippen molar-refractivity contribution in [3.63, 3.8) is 0 Å². The van der Waals surface area contributed by atoms with Crippen molar-refractivity contribution in [3.05, 3.63) is 0 Å². The van der Waals surface area contributed by atoms with Crippen molar-refractivity contribution in [2.45, 2.75) is 26.6 Å². The Balaban J connectivity index is 0.000000821. The van der Waals surface area contributed by atoms with Gasteiger partial charge in [-0.25, -0.2) is 4.79 Å². The third kappa shape index (κ3) is 13.7. The number of halogens is 6. The van der Waals surface area contributed by atoms with Crippen LogP contribution in [0.25, 0.3) is 0 Å². The van der Waals surface area contributed by atoms with Gasteiger partial charge in [0.25, 0.3) is 11.5 Å². The molecule has 1 rings (SSSR count). The summed E-state index contributed by atoms with van der Waals surface area (Å²) in [6.45, 7) is 6.62. The van der Waals surface area contributed by atoms with Gasteiger partial charge in [0.15, 0.2) is 6.54 Å². The van der Waals surface area contributed by atoms with E-state index < -0.39 is 25.3 Å². The number of ether oxygens (including phenoxy) is 2. The molecule has 27 heavy (non-hydrogen) atoms. The molecule has 1 aliphatic rings. The van der Waals surface area contributed by atoms with Gasteiger partial charge in [-0.05, 0) is 6.92 Å². The minimum atomic E-state index is -10.7. The van der Waals surface area contributed by atoms with E-state index in [4.69, 9.17) is 20.6 Å². The van der Waals surface area contributed by atoms with Crippen molar-refractivity contribution >= 4 is 25.3 Å². The molecule has 0 spiro atoms. The number of nitriles is 1. The number of morpholine rings is 1. The van der Waals surface area contributed by atoms with Crippen LogP contribution in [0, 0.1) is 11.3 Å². The first kappa shape index (κ1) is 24.9. The van der Waals surface area contributed by atoms with Crippen molar-refractivity contribution in [1.82, 2.24) is 0 Å². The number of nitrogens with two attached hydrogens (primary N) is 1. The van der Waals surface area contributed by atoms with E-state index in [1.807, 2.05) is 4.58 Å². The standard InChI is InChI=1S/C12H18N4O4.F6P/c1-4-18-11(17)10(7-13)15-20-12(3)8-16(9(2)14)5-6-19-12;1-7(2,3,4,5)6/h14H,4-6,8H2,1-3H3;/q;-1/p+1. The topological polar surface area (TPSA) is 110 Å². The van der Waals surface area contributed by atoms with Gasteiger partial charge < -0.3 is 14.3 Å². The Morgan fingerprint density at radius 3 is 2.30 bits per heavy atom. The molecule has 0 aromatic heterocycles. The van der Waals surface area contributed by atoms with E-state index in [-0.39, 0.29) is 6.61 Å². The van der Waals surface area contributed by atoms with Crippen LogP contribution in [0.3, 0.4) is 0 Å². The zero-order chi connectivity index (χ0) is 21.6. The van der Waals surface area contributed by atoms with Crippen molar-refractivity contribution in [3.8, 4) is 6.07 Å². The maximum absolute atomic E-state index is 11.4. The summed E-state index contributed by atoms with van der Waals surface area (Å²) in [5, 5.41) is 12.4. The third-order valence-electron chi connectivity index (χ3n) is 2.65. The molecule has 1 unspecified atom stereocenters. The van der Waals surface area contributed by atoms with Crippen molar-refractivity contribution in [2.75, 3.05) is 26.3 Å². The number of nitrogens with zero attached hydrogens (tertiary/aromatic N) is 3. The maximum atomic E-state index is 11.4. The van der Waals surface area contributed by atoms with Gasteiger partial charge in [0, 0.05) is 13.8 Å². The molecule has 0 radical (unpaired) electrons. The summed E-state index contributed by atoms with van der Waals surface area (Å²) in [5.41, 5.74) is 5.27. The van der Waals surface area contributed by atoms with Crippen LogP contribution in [0.4, 0.5) is 25.2 Å². The van der Waals surface area contributed by atoms with Crippen LogP contribution in [-0.4, -0.2) is 54.2 Å². The summed E-state index contributed by atoms with van der Waals surface area (Å²) < 4.78 is 71.2. The Labute approximate surface area is 150 Å². The molecule has 0 saturated carbocycles. The molecule has 1 fully saturated rings. The molecule has 0 aromatic carbocycles. The predicted octanol–water partition coefficient (Wildman–Crippen LogP) is 2.96. The summed E-state index contributed by atoms with van der Waals surface area (Å²) in [4.78, 5) is 16.6. The van der Waals surface area contributed by atoms with E-state index >= 15 is 0 Å². The molecule has 1 heterocycles. The molecule has 2 N–H and O–H groups in total. The number of carbonyl (C=O) groups is 1. The second-order valence-corrected chi connectivity index (χ2v) is 7.28. The number of amidine groups is 1. The Morgan fingerprint density at radius 1 is 1.37 bits per heavy atom. The Kier molecular flexibility index (Phi) is 7.23. The van der Waals surface area contributed by atoms with E-state index in [1.165, 1.54) is 0 Å². The summed E-state index contributed by atoms with van der Waals surface area (Å²) in [6, 6.07) is 1.63. The molecule has 15 heteroatoms. The first-order chi connectivity index (χ1) is 11.9. The van der Waals surface area contributed by atoms with E-state index in [1.54, 1.807) is 26.8 Å². The Morgan fingerprint density at radius 2 is 1.89 bits per heavy atom. The summed E-state index contributed by atoms with van der Waals surface area (Å²) in [6.07, 6.45) is 0. The predicted molar refractivity (Wildman–Crippen MR) is 83.6 cm³/mol. The molecule has 1 aliphatic heterocycles. The second kappa shape index (κ2) is 7.85. The van der Waals surface area contributed by atoms with Crippen molar-refractivity contribution in [1.29, 1.82) is 5.26 Å². The second-order valence-electron chi connectivity index (χ2n) is 5.37. The number of esters is 1. The van der Waals surface area contributed by atoms with Crippen LogP contribution < -0.4 is 5.73 Å². The molecule has 0 aromatic rings. The van der Waals surface area contributed by atoms with E-state index in [0.29, 0.717) is 25.5 Å². The van der Waals surface area contributed by atoms with Gasteiger partial charge in [0.2, 0.25) is 5.84 Å². The monoisotopic (exact) mass is 428 g/mol. The molecular formula is C12H19F6N4O4P. The van der Waals surface area contributed by atoms with E-state index in [2.05, 4.69) is 9.89 Å². The fraction of sp³-hybridized carbons (Fsp3) is 0.667. The Bertz CT molecular complexity index is 658. The van der Waals surface area contributed by atoms with Crippen LogP contribution in [-0.2, 0) is 19.1 Å². The zero-order valence-electron chi connectivity index (χ0n) is 14.6. The molecule has 8 nitrogen and oxygen atoms in total. The number of carbonyl (C=O) groups excluding carboxylic acids is 1. The fourth-order valence-corrected chi connectivity index (χ4v) is 1.64. The first-order valence-corrected chi connectivity index (χ1v) is 9.27. The third-order valence-corrected chi connectivity index (χ3v) is 2.65. The fourth-order valence-electron chi connectivity index (χ4n) is 1.64. The van der Waals surface area contributed by atoms with Crippen LogP contribution >= 0.6 is 7.81 Å². The van der Waals surface area contributed by atoms with E-state index in [0.717, 1.165) is 0 Å². The molecule has 158 valence electrons. The van der Waals surface area contributed by atoms with Crippen LogP contribution in [0.15, 0.2) is 5.16 Å². The van der Waals surface area contributed by atoms with Gasteiger partial charge in [0.1, 0.15) is 12.6 Å². The average Bonchev–Trinajstić information content (AvgIpc) is 2.44. The molecule has 1 saturated heterocycles. The molecule has 1 atom stereocenters. The first-order valence-electron chi connectivity index (χ1n) is 7.24. The number of rotatable bonds is 4. The summed E-state index contributed by atoms with van der Waals surface area (Å²) >= 11 is 0. The average molecular weight is 428 g/mol. The van der Waals surface area contributed by atoms with Gasteiger partial charge in [-0.3, -0.25) is 10.3 Å². The quantitative estimate of drug-likeness (QED) is 0.140. The summed E-state index contributed by atoms with van der Waals surface area (Å²) in [5.74, 6) is -1.26. The molecule has 0 amide bonds. The van der Waals surface area contributed by atoms with Crippen LogP contribution in [0.5, 0.6) is 0 Å². The molecular weight excluding hydrogens is 409 g/mol. The van der Waals surface area contributed by atoms with Crippen molar-refractivity contribution in [2.24, 2.45) is 10.9 Å². The Hall–Kier alpha value is -2.13. The number of hydrogen-bond donors (Lipinski definition) is 1. The van der Waals surface area contributed by atoms with Crippen LogP contribution in [0.2, 0.25) is 0 Å². The van der Waals surface area contributed by atoms with Gasteiger partial charge in [-0.1, -0.05) is 5.16 Å².